The van der Waals surface area contributed by atoms with Gasteiger partial charge in [-0.1, -0.05) is 108 Å². The van der Waals surface area contributed by atoms with Crippen LogP contribution in [-0.4, -0.2) is 278 Å². The number of ether oxygens (including phenoxy) is 9. The predicted octanol–water partition coefficient (Wildman–Crippen LogP) is -8.62. The third kappa shape index (κ3) is 36.8. The Hall–Kier alpha value is 1.06. The number of alkyl halides is 4. The third-order valence-corrected chi connectivity index (χ3v) is 16.1. The van der Waals surface area contributed by atoms with Crippen molar-refractivity contribution in [2.24, 2.45) is 17.8 Å². The molecule has 0 saturated carbocycles. The summed E-state index contributed by atoms with van der Waals surface area (Å²) in [4.78, 5) is 63.2. The third-order valence-electron chi connectivity index (χ3n) is 13.6. The number of halogens is 4. The van der Waals surface area contributed by atoms with Crippen LogP contribution in [0.5, 0.6) is 0 Å². The number of hydrogen-bond donors (Lipinski definition) is 14. The summed E-state index contributed by atoms with van der Waals surface area (Å²) in [7, 11) is 0. The molecule has 9 rings (SSSR count). The van der Waals surface area contributed by atoms with Crippen molar-refractivity contribution in [2.45, 2.75) is 233 Å². The van der Waals surface area contributed by atoms with E-state index in [1.807, 2.05) is 6.92 Å². The molecular weight excluding hydrogens is 1490 g/mol. The van der Waals surface area contributed by atoms with Crippen LogP contribution in [0, 0.1) is 17.8 Å². The Morgan fingerprint density at radius 3 is 1.26 bits per heavy atom. The molecule has 0 aliphatic carbocycles. The molecule has 9 heterocycles. The van der Waals surface area contributed by atoms with Crippen molar-refractivity contribution in [3.8, 4) is 0 Å². The molecule has 522 valence electrons. The normalized spacial score (nSPS) is 38.1. The van der Waals surface area contributed by atoms with Crippen LogP contribution in [0.25, 0.3) is 0 Å². The van der Waals surface area contributed by atoms with Crippen molar-refractivity contribution in [2.75, 3.05) is 43.7 Å². The minimum atomic E-state index is -1.50. The fourth-order valence-corrected chi connectivity index (χ4v) is 10.3. The first-order valence-corrected chi connectivity index (χ1v) is 31.3. The van der Waals surface area contributed by atoms with Gasteiger partial charge >= 0.3 is 133 Å². The molecule has 0 aromatic heterocycles. The van der Waals surface area contributed by atoms with Crippen molar-refractivity contribution >= 4 is 95.7 Å². The fourth-order valence-electron chi connectivity index (χ4n) is 8.37. The molecule has 37 heteroatoms. The van der Waals surface area contributed by atoms with Gasteiger partial charge in [0.25, 0.3) is 6.47 Å². The summed E-state index contributed by atoms with van der Waals surface area (Å²) in [6.07, 6.45) is -7.46. The molecular formula is C53H94Br3ClK2O31. The van der Waals surface area contributed by atoms with Gasteiger partial charge in [0.05, 0.1) is 65.4 Å². The molecule has 9 fully saturated rings. The molecule has 0 aromatic rings. The van der Waals surface area contributed by atoms with Gasteiger partial charge in [-0.15, -0.1) is 0 Å². The Kier molecular flexibility index (Phi) is 57.1. The number of carbonyl (C=O) groups is 6. The van der Waals surface area contributed by atoms with Gasteiger partial charge in [-0.3, -0.25) is 24.0 Å². The summed E-state index contributed by atoms with van der Waals surface area (Å²) in [6, 6.07) is 0. The van der Waals surface area contributed by atoms with Crippen LogP contribution in [0.1, 0.15) is 110 Å². The molecule has 0 spiro atoms. The van der Waals surface area contributed by atoms with E-state index < -0.39 is 128 Å². The Morgan fingerprint density at radius 1 is 0.578 bits per heavy atom. The van der Waals surface area contributed by atoms with Crippen LogP contribution < -0.4 is 108 Å². The molecule has 0 radical (unpaired) electrons. The first kappa shape index (κ1) is 95.2. The fraction of sp³-hybridized carbons (Fsp3) is 0.887. The first-order chi connectivity index (χ1) is 41.3. The van der Waals surface area contributed by atoms with Crippen LogP contribution in [-0.2, 0) is 76.3 Å². The molecule has 90 heavy (non-hydrogen) atoms. The van der Waals surface area contributed by atoms with Crippen molar-refractivity contribution in [3.63, 3.8) is 0 Å². The summed E-state index contributed by atoms with van der Waals surface area (Å²) in [5.74, 6) is -0.448. The smallest absolute Gasteiger partial charge is 1.00 e. The second-order valence-corrected chi connectivity index (χ2v) is 23.2. The molecule has 25 atom stereocenters. The van der Waals surface area contributed by atoms with Gasteiger partial charge in [0, 0.05) is 29.6 Å². The average molecular weight is 1580 g/mol. The number of aliphatic hydroxyl groups excluding tert-OH is 14. The molecule has 14 N–H and O–H groups in total. The van der Waals surface area contributed by atoms with Gasteiger partial charge in [0.15, 0.2) is 30.9 Å². The number of esters is 5. The van der Waals surface area contributed by atoms with Gasteiger partial charge in [0.2, 0.25) is 0 Å². The van der Waals surface area contributed by atoms with E-state index in [4.69, 9.17) is 113 Å². The van der Waals surface area contributed by atoms with E-state index in [-0.39, 0.29) is 180 Å². The van der Waals surface area contributed by atoms with E-state index in [0.29, 0.717) is 53.5 Å². The van der Waals surface area contributed by atoms with E-state index in [0.717, 1.165) is 32.1 Å². The van der Waals surface area contributed by atoms with Crippen molar-refractivity contribution in [3.05, 3.63) is 0 Å². The minimum Gasteiger partial charge on any atom is -1.00 e. The van der Waals surface area contributed by atoms with E-state index in [2.05, 4.69) is 106 Å². The SMILES string of the molecule is C.CC[C@@H]1OC(=O)C[C@H]1C.CC[C@@H]1OC(O)C[C@H]1C.CC[C@@H]1O[C@@H](Cl)C[C@H]1C.O=C1C[C@@H](O)[C@@H](CBr)O1.O=C1C[C@@H](O)[C@H](CO)O1.O=C1O[C@H](CBr)[C@H](O)[C@@H]1Br.O=C1O[C@H](CO)[C@H](O)[C@H]1O.O=CO[O-].OC1OC[C@@H](O)[C@H](O)[C@H]1O.[3H][C@@H]1C[C@@H](O)[C@H](CO)O1.[H-].[K+].[K+]. The molecule has 31 nitrogen and oxygen atoms in total. The maximum absolute atomic E-state index is 10.7. The van der Waals surface area contributed by atoms with E-state index in [1.165, 1.54) is 0 Å². The van der Waals surface area contributed by atoms with Gasteiger partial charge in [-0.2, -0.15) is 0 Å². The Morgan fingerprint density at radius 2 is 1.03 bits per heavy atom. The van der Waals surface area contributed by atoms with E-state index >= 15 is 0 Å². The molecule has 2 unspecified atom stereocenters. The summed E-state index contributed by atoms with van der Waals surface area (Å²) in [5.41, 5.74) is -0.0232. The van der Waals surface area contributed by atoms with Crippen LogP contribution in [0.3, 0.4) is 0 Å². The molecule has 9 aliphatic heterocycles. The van der Waals surface area contributed by atoms with E-state index in [1.54, 1.807) is 0 Å². The quantitative estimate of drug-likeness (QED) is 0.0194. The number of cyclic esters (lactones) is 5. The summed E-state index contributed by atoms with van der Waals surface area (Å²) < 4.78 is 50.1. The number of carbonyl (C=O) groups excluding carboxylic acids is 6. The number of aliphatic hydroxyl groups is 14. The Balaban J connectivity index is -0.000000305. The molecule has 0 amide bonds. The van der Waals surface area contributed by atoms with Gasteiger partial charge in [0.1, 0.15) is 77.5 Å². The number of hydrogen-bond acceptors (Lipinski definition) is 31. The summed E-state index contributed by atoms with van der Waals surface area (Å²) >= 11 is 15.0. The van der Waals surface area contributed by atoms with Crippen molar-refractivity contribution in [1.82, 2.24) is 0 Å². The van der Waals surface area contributed by atoms with E-state index in [9.17, 15) is 29.1 Å². The second-order valence-electron chi connectivity index (χ2n) is 20.4. The monoisotopic (exact) mass is 1580 g/mol. The Bertz CT molecular complexity index is 1810. The topological polar surface area (TPSA) is 501 Å². The molecule has 9 aliphatic rings. The van der Waals surface area contributed by atoms with Crippen LogP contribution in [0.2, 0.25) is 0 Å². The largest absolute Gasteiger partial charge is 1.00 e. The zero-order valence-corrected chi connectivity index (χ0v) is 62.6. The standard InChI is InChI=1S/C7H13ClO.C7H14O2.C7H12O2.C5H6Br2O3.C5H7BrO3.C5H10O5.C5H8O5.C5H8O4.C5H10O3.CH2O3.CH4.2K.H/c3*1-3-6-5(2)4-7(8)9-6;6-1-2-4(8)3(7)5(9)10-2;6-2-4-3(7)1-5(8)9-4;6-2-1-10-5(9)4(8)3(2)7;6-1-2-3(7)4(8)5(9)10-2;6-2-4-3(7)1-5(8)9-4;6-3-5-4(7)1-2-8-5;2-1-4-3;;;;/h5-7H,3-4H2,1-2H3;5-8H,3-4H2,1-2H3;5-6H,3-4H2,1-2H3;2-4,8H,1H2;3-4,7H,1-2H2;2-9H,1H2;2-4,6-8H,1H2;3-4,6-7H,1-2H2;4-7H,1-3H2;1,3H;1H4;;;/q;;;;;;;;;;;2*+1;-1/p-1/t5-,6+,7-;5-,6+,7?;5-,6+;2-,3+,4+;3-,4-;2-,3+,4-,5?;2-,3+,4-;3-,4+;4-,5+;;;;;/m111111111...../s1/i;;;;;;;;2T;;;;;/t;;;;;;;;2-,4-,5+;;;;;. The van der Waals surface area contributed by atoms with Crippen LogP contribution >= 0.6 is 59.4 Å². The average Bonchev–Trinajstić information content (AvgIpc) is 1.58. The minimum absolute atomic E-state index is 0. The van der Waals surface area contributed by atoms with Crippen molar-refractivity contribution in [1.29, 1.82) is 0 Å². The van der Waals surface area contributed by atoms with Gasteiger partial charge < -0.3 is 126 Å². The molecule has 0 bridgehead atoms. The molecule has 9 saturated heterocycles. The van der Waals surface area contributed by atoms with Gasteiger partial charge in [-0.05, 0) is 43.9 Å². The molecule has 0 aromatic carbocycles. The maximum atomic E-state index is 10.7. The van der Waals surface area contributed by atoms with Crippen LogP contribution in [0.15, 0.2) is 0 Å². The summed E-state index contributed by atoms with van der Waals surface area (Å²) in [5, 5.41) is 133. The predicted molar refractivity (Wildman–Crippen MR) is 313 cm³/mol. The van der Waals surface area contributed by atoms with Gasteiger partial charge in [-0.25, -0.2) is 4.79 Å². The second kappa shape index (κ2) is 54.0. The van der Waals surface area contributed by atoms with Crippen LogP contribution in [0.4, 0.5) is 0 Å². The zero-order chi connectivity index (χ0) is 67.7. The van der Waals surface area contributed by atoms with Crippen molar-refractivity contribution < 1.29 is 259 Å². The Labute approximate surface area is 641 Å². The number of rotatable bonds is 9. The maximum Gasteiger partial charge on any atom is 1.00 e. The first-order valence-electron chi connectivity index (χ1n) is 28.3. The zero-order valence-electron chi connectivity index (χ0n) is 52.8. The summed E-state index contributed by atoms with van der Waals surface area (Å²) in [6.45, 7) is 10.7.